The van der Waals surface area contributed by atoms with Crippen molar-refractivity contribution in [3.63, 3.8) is 0 Å². The minimum atomic E-state index is -0.131. The number of aryl methyl sites for hydroxylation is 1. The van der Waals surface area contributed by atoms with Crippen molar-refractivity contribution < 1.29 is 4.79 Å². The van der Waals surface area contributed by atoms with E-state index in [2.05, 4.69) is 17.1 Å². The van der Waals surface area contributed by atoms with E-state index in [-0.39, 0.29) is 5.91 Å². The average Bonchev–Trinajstić information content (AvgIpc) is 2.63. The lowest BCUT2D eigenvalue weighted by Crippen LogP contribution is -2.22. The average molecular weight is 351 g/mol. The Morgan fingerprint density at radius 1 is 0.920 bits per heavy atom. The highest BCUT2D eigenvalue weighted by Gasteiger charge is 2.03. The van der Waals surface area contributed by atoms with Crippen molar-refractivity contribution in [2.24, 2.45) is 4.99 Å². The van der Waals surface area contributed by atoms with Gasteiger partial charge in [0.1, 0.15) is 5.49 Å². The largest absolute Gasteiger partial charge is 0.329 e. The fourth-order valence-corrected chi connectivity index (χ4v) is 2.82. The van der Waals surface area contributed by atoms with Crippen molar-refractivity contribution in [3.05, 3.63) is 101 Å². The van der Waals surface area contributed by atoms with Crippen LogP contribution in [0, 0.1) is 0 Å². The summed E-state index contributed by atoms with van der Waals surface area (Å²) in [5.74, 6) is -0.131. The monoisotopic (exact) mass is 350 g/mol. The predicted molar refractivity (Wildman–Crippen MR) is 100 cm³/mol. The van der Waals surface area contributed by atoms with Gasteiger partial charge in [-0.3, -0.25) is 4.79 Å². The van der Waals surface area contributed by atoms with Gasteiger partial charge in [-0.05, 0) is 41.8 Å². The third-order valence-corrected chi connectivity index (χ3v) is 4.10. The zero-order chi connectivity index (χ0) is 17.5. The highest BCUT2D eigenvalue weighted by atomic mass is 35.5. The molecule has 1 aromatic heterocycles. The van der Waals surface area contributed by atoms with Crippen LogP contribution in [-0.4, -0.2) is 10.5 Å². The normalized spacial score (nSPS) is 11.5. The van der Waals surface area contributed by atoms with E-state index < -0.39 is 0 Å². The SMILES string of the molecule is O=C(CCc1cccc(Cl)c1)N=c1ccccn1Cc1ccccc1. The molecule has 2 aromatic carbocycles. The lowest BCUT2D eigenvalue weighted by atomic mass is 10.1. The number of carbonyl (C=O) groups is 1. The second-order valence-corrected chi connectivity index (χ2v) is 6.24. The number of hydrogen-bond acceptors (Lipinski definition) is 1. The lowest BCUT2D eigenvalue weighted by Gasteiger charge is -2.07. The van der Waals surface area contributed by atoms with Crippen LogP contribution in [-0.2, 0) is 17.8 Å². The van der Waals surface area contributed by atoms with Crippen LogP contribution in [0.2, 0.25) is 5.02 Å². The molecule has 4 heteroatoms. The van der Waals surface area contributed by atoms with Crippen LogP contribution >= 0.6 is 11.6 Å². The van der Waals surface area contributed by atoms with Crippen LogP contribution in [0.4, 0.5) is 0 Å². The molecule has 126 valence electrons. The summed E-state index contributed by atoms with van der Waals surface area (Å²) in [6.07, 6.45) is 2.94. The Hall–Kier alpha value is -2.65. The van der Waals surface area contributed by atoms with Gasteiger partial charge in [0.15, 0.2) is 0 Å². The van der Waals surface area contributed by atoms with Crippen LogP contribution in [0.25, 0.3) is 0 Å². The molecule has 3 aromatic rings. The van der Waals surface area contributed by atoms with Crippen LogP contribution in [0.3, 0.4) is 0 Å². The first-order valence-electron chi connectivity index (χ1n) is 8.22. The number of aromatic nitrogens is 1. The highest BCUT2D eigenvalue weighted by molar-refractivity contribution is 6.30. The maximum absolute atomic E-state index is 12.3. The molecule has 3 nitrogen and oxygen atoms in total. The molecule has 0 aliphatic rings. The summed E-state index contributed by atoms with van der Waals surface area (Å²) in [6.45, 7) is 0.683. The van der Waals surface area contributed by atoms with Gasteiger partial charge in [0.05, 0.1) is 0 Å². The Bertz CT molecular complexity index is 916. The van der Waals surface area contributed by atoms with E-state index in [0.29, 0.717) is 29.9 Å². The van der Waals surface area contributed by atoms with Crippen molar-refractivity contribution in [3.8, 4) is 0 Å². The zero-order valence-electron chi connectivity index (χ0n) is 13.8. The molecule has 0 saturated carbocycles. The topological polar surface area (TPSA) is 34.4 Å². The Balaban J connectivity index is 1.73. The van der Waals surface area contributed by atoms with Crippen LogP contribution < -0.4 is 5.49 Å². The number of rotatable bonds is 5. The van der Waals surface area contributed by atoms with Gasteiger partial charge in [-0.2, -0.15) is 4.99 Å². The van der Waals surface area contributed by atoms with E-state index >= 15 is 0 Å². The molecule has 25 heavy (non-hydrogen) atoms. The molecular weight excluding hydrogens is 332 g/mol. The minimum absolute atomic E-state index is 0.131. The maximum Gasteiger partial charge on any atom is 0.247 e. The molecule has 0 aliphatic carbocycles. The Kier molecular flexibility index (Phi) is 5.81. The van der Waals surface area contributed by atoms with Crippen molar-refractivity contribution in [2.75, 3.05) is 0 Å². The summed E-state index contributed by atoms with van der Waals surface area (Å²) in [7, 11) is 0. The number of nitrogens with zero attached hydrogens (tertiary/aromatic N) is 2. The predicted octanol–water partition coefficient (Wildman–Crippen LogP) is 4.25. The Morgan fingerprint density at radius 3 is 2.48 bits per heavy atom. The molecular formula is C21H19ClN2O. The summed E-state index contributed by atoms with van der Waals surface area (Å²) >= 11 is 5.98. The molecule has 0 spiro atoms. The number of carbonyl (C=O) groups excluding carboxylic acids is 1. The zero-order valence-corrected chi connectivity index (χ0v) is 14.6. The number of benzene rings is 2. The summed E-state index contributed by atoms with van der Waals surface area (Å²) in [4.78, 5) is 16.5. The van der Waals surface area contributed by atoms with Crippen molar-refractivity contribution in [1.29, 1.82) is 0 Å². The van der Waals surface area contributed by atoms with Gasteiger partial charge >= 0.3 is 0 Å². The number of hydrogen-bond donors (Lipinski definition) is 0. The van der Waals surface area contributed by atoms with Gasteiger partial charge in [-0.15, -0.1) is 0 Å². The van der Waals surface area contributed by atoms with Crippen molar-refractivity contribution in [1.82, 2.24) is 4.57 Å². The first-order chi connectivity index (χ1) is 12.2. The molecule has 0 aliphatic heterocycles. The minimum Gasteiger partial charge on any atom is -0.329 e. The number of amides is 1. The second-order valence-electron chi connectivity index (χ2n) is 5.81. The van der Waals surface area contributed by atoms with E-state index in [1.165, 1.54) is 5.56 Å². The number of pyridine rings is 1. The molecule has 0 fully saturated rings. The third-order valence-electron chi connectivity index (χ3n) is 3.87. The van der Waals surface area contributed by atoms with E-state index in [4.69, 9.17) is 11.6 Å². The van der Waals surface area contributed by atoms with Crippen LogP contribution in [0.15, 0.2) is 84.0 Å². The standard InChI is InChI=1S/C21H19ClN2O/c22-19-10-6-9-17(15-19)12-13-21(25)23-20-11-4-5-14-24(20)16-18-7-2-1-3-8-18/h1-11,14-15H,12-13,16H2. The van der Waals surface area contributed by atoms with Gasteiger partial charge in [-0.1, -0.05) is 60.1 Å². The summed E-state index contributed by atoms with van der Waals surface area (Å²) < 4.78 is 1.98. The lowest BCUT2D eigenvalue weighted by molar-refractivity contribution is -0.118. The molecule has 0 atom stereocenters. The maximum atomic E-state index is 12.3. The Labute approximate surface area is 152 Å². The Morgan fingerprint density at radius 2 is 1.68 bits per heavy atom. The van der Waals surface area contributed by atoms with Gasteiger partial charge in [0, 0.05) is 24.2 Å². The molecule has 0 unspecified atom stereocenters. The van der Waals surface area contributed by atoms with Gasteiger partial charge in [0.2, 0.25) is 5.91 Å². The van der Waals surface area contributed by atoms with Crippen molar-refractivity contribution in [2.45, 2.75) is 19.4 Å². The van der Waals surface area contributed by atoms with E-state index in [0.717, 1.165) is 5.56 Å². The highest BCUT2D eigenvalue weighted by Crippen LogP contribution is 2.12. The van der Waals surface area contributed by atoms with Gasteiger partial charge in [0.25, 0.3) is 0 Å². The van der Waals surface area contributed by atoms with Crippen LogP contribution in [0.5, 0.6) is 0 Å². The third kappa shape index (κ3) is 5.16. The van der Waals surface area contributed by atoms with E-state index in [9.17, 15) is 4.79 Å². The quantitative estimate of drug-likeness (QED) is 0.677. The second kappa shape index (κ2) is 8.45. The first-order valence-corrected chi connectivity index (χ1v) is 8.60. The number of halogens is 1. The molecule has 1 amide bonds. The molecule has 0 bridgehead atoms. The fourth-order valence-electron chi connectivity index (χ4n) is 2.61. The summed E-state index contributed by atoms with van der Waals surface area (Å²) in [5.41, 5.74) is 2.88. The molecule has 0 N–H and O–H groups in total. The van der Waals surface area contributed by atoms with Crippen molar-refractivity contribution >= 4 is 17.5 Å². The first kappa shape index (κ1) is 17.2. The summed E-state index contributed by atoms with van der Waals surface area (Å²) in [6, 6.07) is 23.4. The molecule has 0 saturated heterocycles. The molecule has 1 heterocycles. The van der Waals surface area contributed by atoms with E-state index in [1.54, 1.807) is 0 Å². The van der Waals surface area contributed by atoms with Gasteiger partial charge in [-0.25, -0.2) is 0 Å². The molecule has 0 radical (unpaired) electrons. The van der Waals surface area contributed by atoms with Gasteiger partial charge < -0.3 is 4.57 Å². The smallest absolute Gasteiger partial charge is 0.247 e. The van der Waals surface area contributed by atoms with E-state index in [1.807, 2.05) is 71.4 Å². The fraction of sp³-hybridized carbons (Fsp3) is 0.143. The molecule has 3 rings (SSSR count). The summed E-state index contributed by atoms with van der Waals surface area (Å²) in [5, 5.41) is 0.686. The van der Waals surface area contributed by atoms with Crippen LogP contribution in [0.1, 0.15) is 17.5 Å².